The smallest absolute Gasteiger partial charge is 0.296 e. The van der Waals surface area contributed by atoms with E-state index in [-0.39, 0.29) is 4.90 Å². The van der Waals surface area contributed by atoms with Gasteiger partial charge in [0.05, 0.1) is 5.69 Å². The van der Waals surface area contributed by atoms with Gasteiger partial charge in [0.1, 0.15) is 4.90 Å². The molecule has 3 aromatic rings. The highest BCUT2D eigenvalue weighted by molar-refractivity contribution is 7.86. The minimum Gasteiger partial charge on any atom is -0.354 e. The molecule has 0 spiro atoms. The zero-order valence-electron chi connectivity index (χ0n) is 11.9. The first kappa shape index (κ1) is 14.6. The van der Waals surface area contributed by atoms with E-state index in [0.29, 0.717) is 5.69 Å². The summed E-state index contributed by atoms with van der Waals surface area (Å²) >= 11 is 0. The molecule has 22 heavy (non-hydrogen) atoms. The zero-order valence-corrected chi connectivity index (χ0v) is 12.8. The second-order valence-corrected chi connectivity index (χ2v) is 6.52. The second-order valence-electron chi connectivity index (χ2n) is 5.13. The van der Waals surface area contributed by atoms with Crippen LogP contribution in [0.25, 0.3) is 10.8 Å². The molecule has 0 aromatic heterocycles. The Morgan fingerprint density at radius 2 is 1.59 bits per heavy atom. The quantitative estimate of drug-likeness (QED) is 0.713. The van der Waals surface area contributed by atoms with Crippen molar-refractivity contribution in [3.8, 4) is 0 Å². The number of hydrogen-bond donors (Lipinski definition) is 2. The highest BCUT2D eigenvalue weighted by atomic mass is 32.2. The average Bonchev–Trinajstić information content (AvgIpc) is 2.48. The number of nitrogens with one attached hydrogen (secondary N) is 1. The van der Waals surface area contributed by atoms with E-state index in [4.69, 9.17) is 0 Å². The van der Waals surface area contributed by atoms with Gasteiger partial charge in [-0.2, -0.15) is 8.42 Å². The zero-order chi connectivity index (χ0) is 15.7. The third-order valence-electron chi connectivity index (χ3n) is 3.49. The molecule has 5 heteroatoms. The molecule has 0 heterocycles. The first-order valence-corrected chi connectivity index (χ1v) is 8.22. The summed E-state index contributed by atoms with van der Waals surface area (Å²) in [6.07, 6.45) is 0. The van der Waals surface area contributed by atoms with Gasteiger partial charge >= 0.3 is 0 Å². The van der Waals surface area contributed by atoms with Crippen LogP contribution in [0.2, 0.25) is 0 Å². The van der Waals surface area contributed by atoms with Gasteiger partial charge in [-0.3, -0.25) is 4.55 Å². The minimum absolute atomic E-state index is 0.133. The van der Waals surface area contributed by atoms with Gasteiger partial charge in [0.15, 0.2) is 0 Å². The van der Waals surface area contributed by atoms with Crippen LogP contribution in [0.4, 0.5) is 11.4 Å². The van der Waals surface area contributed by atoms with Gasteiger partial charge in [-0.15, -0.1) is 0 Å². The Labute approximate surface area is 129 Å². The molecule has 112 valence electrons. The lowest BCUT2D eigenvalue weighted by Gasteiger charge is -2.14. The van der Waals surface area contributed by atoms with Crippen LogP contribution in [0.3, 0.4) is 0 Å². The van der Waals surface area contributed by atoms with E-state index in [1.165, 1.54) is 6.07 Å². The Morgan fingerprint density at radius 3 is 2.27 bits per heavy atom. The summed E-state index contributed by atoms with van der Waals surface area (Å²) in [6, 6.07) is 18.1. The fourth-order valence-electron chi connectivity index (χ4n) is 2.38. The maximum atomic E-state index is 11.7. The molecule has 3 aromatic carbocycles. The highest BCUT2D eigenvalue weighted by Crippen LogP contribution is 2.33. The van der Waals surface area contributed by atoms with Gasteiger partial charge in [-0.1, -0.05) is 48.0 Å². The fraction of sp³-hybridized carbons (Fsp3) is 0.0588. The van der Waals surface area contributed by atoms with E-state index in [1.807, 2.05) is 55.5 Å². The van der Waals surface area contributed by atoms with Crippen molar-refractivity contribution in [3.63, 3.8) is 0 Å². The maximum Gasteiger partial charge on any atom is 0.296 e. The second kappa shape index (κ2) is 5.44. The van der Waals surface area contributed by atoms with Crippen LogP contribution in [0, 0.1) is 6.92 Å². The molecule has 0 saturated heterocycles. The molecule has 0 aliphatic rings. The molecule has 0 amide bonds. The van der Waals surface area contributed by atoms with Gasteiger partial charge < -0.3 is 5.32 Å². The Morgan fingerprint density at radius 1 is 0.909 bits per heavy atom. The predicted molar refractivity (Wildman–Crippen MR) is 88.2 cm³/mol. The molecule has 0 radical (unpaired) electrons. The lowest BCUT2D eigenvalue weighted by atomic mass is 10.1. The van der Waals surface area contributed by atoms with Crippen LogP contribution in [-0.2, 0) is 10.1 Å². The molecule has 0 atom stereocenters. The third kappa shape index (κ3) is 2.81. The minimum atomic E-state index is -4.32. The van der Waals surface area contributed by atoms with E-state index < -0.39 is 10.1 Å². The van der Waals surface area contributed by atoms with Crippen molar-refractivity contribution in [1.82, 2.24) is 0 Å². The number of fused-ring (bicyclic) bond motifs is 1. The van der Waals surface area contributed by atoms with Crippen molar-refractivity contribution in [3.05, 3.63) is 66.2 Å². The summed E-state index contributed by atoms with van der Waals surface area (Å²) in [4.78, 5) is -0.133. The molecule has 3 rings (SSSR count). The number of hydrogen-bond acceptors (Lipinski definition) is 3. The largest absolute Gasteiger partial charge is 0.354 e. The number of rotatable bonds is 3. The SMILES string of the molecule is Cc1ccc(Nc2c(S(=O)(=O)O)ccc3ccccc23)cc1. The molecule has 0 saturated carbocycles. The summed E-state index contributed by atoms with van der Waals surface area (Å²) in [5, 5.41) is 4.74. The monoisotopic (exact) mass is 313 g/mol. The molecule has 2 N–H and O–H groups in total. The Hall–Kier alpha value is -2.37. The number of benzene rings is 3. The Kier molecular flexibility index (Phi) is 3.60. The van der Waals surface area contributed by atoms with Crippen molar-refractivity contribution in [2.75, 3.05) is 5.32 Å². The lowest BCUT2D eigenvalue weighted by molar-refractivity contribution is 0.483. The molecule has 0 unspecified atom stereocenters. The van der Waals surface area contributed by atoms with E-state index in [1.54, 1.807) is 6.07 Å². The summed E-state index contributed by atoms with van der Waals surface area (Å²) in [7, 11) is -4.32. The van der Waals surface area contributed by atoms with Crippen molar-refractivity contribution in [2.24, 2.45) is 0 Å². The summed E-state index contributed by atoms with van der Waals surface area (Å²) < 4.78 is 32.8. The fourth-order valence-corrected chi connectivity index (χ4v) is 3.04. The van der Waals surface area contributed by atoms with E-state index >= 15 is 0 Å². The van der Waals surface area contributed by atoms with Crippen molar-refractivity contribution < 1.29 is 13.0 Å². The molecule has 0 fully saturated rings. The standard InChI is InChI=1S/C17H15NO3S/c1-12-6-9-14(10-7-12)18-17-15-5-3-2-4-13(15)8-11-16(17)22(19,20)21/h2-11,18H,1H3,(H,19,20,21). The van der Waals surface area contributed by atoms with Gasteiger partial charge in [0.2, 0.25) is 0 Å². The first-order valence-electron chi connectivity index (χ1n) is 6.78. The van der Waals surface area contributed by atoms with Gasteiger partial charge in [0, 0.05) is 11.1 Å². The van der Waals surface area contributed by atoms with E-state index in [9.17, 15) is 13.0 Å². The number of anilines is 2. The van der Waals surface area contributed by atoms with Gasteiger partial charge in [0.25, 0.3) is 10.1 Å². The van der Waals surface area contributed by atoms with Gasteiger partial charge in [-0.25, -0.2) is 0 Å². The van der Waals surface area contributed by atoms with Crippen LogP contribution >= 0.6 is 0 Å². The summed E-state index contributed by atoms with van der Waals surface area (Å²) in [6.45, 7) is 1.98. The summed E-state index contributed by atoms with van der Waals surface area (Å²) in [5.41, 5.74) is 2.25. The van der Waals surface area contributed by atoms with Crippen LogP contribution in [0.5, 0.6) is 0 Å². The topological polar surface area (TPSA) is 66.4 Å². The molecule has 0 aliphatic heterocycles. The maximum absolute atomic E-state index is 11.7. The molecule has 0 bridgehead atoms. The molecular formula is C17H15NO3S. The van der Waals surface area contributed by atoms with Crippen LogP contribution in [-0.4, -0.2) is 13.0 Å². The molecule has 0 aliphatic carbocycles. The van der Waals surface area contributed by atoms with E-state index in [0.717, 1.165) is 22.0 Å². The predicted octanol–water partition coefficient (Wildman–Crippen LogP) is 4.14. The normalized spacial score (nSPS) is 11.5. The Bertz CT molecular complexity index is 932. The van der Waals surface area contributed by atoms with Crippen molar-refractivity contribution in [2.45, 2.75) is 11.8 Å². The number of aryl methyl sites for hydroxylation is 1. The van der Waals surface area contributed by atoms with E-state index in [2.05, 4.69) is 5.32 Å². The van der Waals surface area contributed by atoms with Crippen LogP contribution < -0.4 is 5.32 Å². The van der Waals surface area contributed by atoms with Crippen molar-refractivity contribution in [1.29, 1.82) is 0 Å². The van der Waals surface area contributed by atoms with Crippen LogP contribution in [0.15, 0.2) is 65.6 Å². The van der Waals surface area contributed by atoms with Crippen molar-refractivity contribution >= 4 is 32.3 Å². The third-order valence-corrected chi connectivity index (χ3v) is 4.39. The average molecular weight is 313 g/mol. The summed E-state index contributed by atoms with van der Waals surface area (Å²) in [5.74, 6) is 0. The van der Waals surface area contributed by atoms with Crippen LogP contribution in [0.1, 0.15) is 5.56 Å². The molecular weight excluding hydrogens is 298 g/mol. The highest BCUT2D eigenvalue weighted by Gasteiger charge is 2.18. The van der Waals surface area contributed by atoms with Gasteiger partial charge in [-0.05, 0) is 30.5 Å². The first-order chi connectivity index (χ1) is 10.4. The lowest BCUT2D eigenvalue weighted by Crippen LogP contribution is -2.04. The Balaban J connectivity index is 2.22. The molecule has 4 nitrogen and oxygen atoms in total.